The molecule has 0 atom stereocenters. The van der Waals surface area contributed by atoms with Crippen molar-refractivity contribution in [3.8, 4) is 11.5 Å². The molecule has 8 heteroatoms. The number of furan rings is 1. The summed E-state index contributed by atoms with van der Waals surface area (Å²) in [5, 5.41) is 4.38. The van der Waals surface area contributed by atoms with Gasteiger partial charge in [-0.2, -0.15) is 4.98 Å². The number of nitrogens with zero attached hydrogens (tertiary/aromatic N) is 2. The van der Waals surface area contributed by atoms with E-state index < -0.39 is 20.4 Å². The summed E-state index contributed by atoms with van der Waals surface area (Å²) in [5.74, 6) is -0.163. The van der Waals surface area contributed by atoms with Crippen molar-refractivity contribution in [3.05, 3.63) is 36.1 Å². The van der Waals surface area contributed by atoms with Gasteiger partial charge in [-0.15, -0.1) is 0 Å². The van der Waals surface area contributed by atoms with Crippen LogP contribution in [-0.2, 0) is 14.6 Å². The van der Waals surface area contributed by atoms with Crippen molar-refractivity contribution < 1.29 is 21.7 Å². The van der Waals surface area contributed by atoms with E-state index in [2.05, 4.69) is 10.1 Å². The lowest BCUT2D eigenvalue weighted by atomic mass is 9.83. The van der Waals surface area contributed by atoms with E-state index in [0.717, 1.165) is 6.42 Å². The van der Waals surface area contributed by atoms with Gasteiger partial charge in [0.05, 0.1) is 11.8 Å². The SMILES string of the molecule is CS(=O)(=O)C1(c2noc(-c3ccc(F)c4occc34)n2)CCC1. The van der Waals surface area contributed by atoms with Crippen molar-refractivity contribution in [3.63, 3.8) is 0 Å². The molecule has 0 aliphatic heterocycles. The lowest BCUT2D eigenvalue weighted by molar-refractivity contribution is 0.314. The number of aromatic nitrogens is 2. The molecule has 1 aromatic carbocycles. The smallest absolute Gasteiger partial charge is 0.258 e. The van der Waals surface area contributed by atoms with Gasteiger partial charge in [-0.1, -0.05) is 5.16 Å². The molecule has 0 spiro atoms. The molecule has 0 N–H and O–H groups in total. The Morgan fingerprint density at radius 3 is 2.70 bits per heavy atom. The zero-order valence-corrected chi connectivity index (χ0v) is 13.1. The molecule has 4 rings (SSSR count). The summed E-state index contributed by atoms with van der Waals surface area (Å²) in [6.45, 7) is 0. The Kier molecular flexibility index (Phi) is 2.90. The predicted octanol–water partition coefficient (Wildman–Crippen LogP) is 3.05. The molecule has 1 saturated carbocycles. The summed E-state index contributed by atoms with van der Waals surface area (Å²) >= 11 is 0. The fourth-order valence-corrected chi connectivity index (χ4v) is 4.44. The lowest BCUT2D eigenvalue weighted by Gasteiger charge is -2.36. The van der Waals surface area contributed by atoms with Crippen molar-refractivity contribution in [1.82, 2.24) is 10.1 Å². The Hall–Kier alpha value is -2.22. The van der Waals surface area contributed by atoms with Crippen molar-refractivity contribution in [2.24, 2.45) is 0 Å². The zero-order valence-electron chi connectivity index (χ0n) is 12.2. The summed E-state index contributed by atoms with van der Waals surface area (Å²) in [7, 11) is -3.35. The van der Waals surface area contributed by atoms with Crippen molar-refractivity contribution in [2.75, 3.05) is 6.26 Å². The van der Waals surface area contributed by atoms with Crippen LogP contribution in [0.1, 0.15) is 25.1 Å². The normalized spacial score (nSPS) is 17.3. The molecule has 1 aliphatic carbocycles. The number of benzene rings is 1. The zero-order chi connectivity index (χ0) is 16.2. The van der Waals surface area contributed by atoms with Crippen LogP contribution >= 0.6 is 0 Å². The third-order valence-electron chi connectivity index (χ3n) is 4.50. The summed E-state index contributed by atoms with van der Waals surface area (Å²) in [6, 6.07) is 4.37. The van der Waals surface area contributed by atoms with Gasteiger partial charge in [0.15, 0.2) is 27.1 Å². The standard InChI is InChI=1S/C15H13FN2O4S/c1-23(19,20)15(6-2-7-15)14-17-13(22-18-14)10-3-4-11(16)12-9(10)5-8-21-12/h3-5,8H,2,6-7H2,1H3. The number of hydrogen-bond donors (Lipinski definition) is 0. The van der Waals surface area contributed by atoms with Crippen LogP contribution < -0.4 is 0 Å². The Morgan fingerprint density at radius 2 is 2.04 bits per heavy atom. The number of fused-ring (bicyclic) bond motifs is 1. The van der Waals surface area contributed by atoms with Crippen molar-refractivity contribution >= 4 is 20.8 Å². The molecule has 6 nitrogen and oxygen atoms in total. The Bertz CT molecular complexity index is 1000. The van der Waals surface area contributed by atoms with Crippen LogP contribution in [0.25, 0.3) is 22.4 Å². The molecule has 2 aromatic heterocycles. The minimum atomic E-state index is -3.35. The summed E-state index contributed by atoms with van der Waals surface area (Å²) in [4.78, 5) is 4.28. The Balaban J connectivity index is 1.85. The lowest BCUT2D eigenvalue weighted by Crippen LogP contribution is -2.42. The van der Waals surface area contributed by atoms with E-state index in [9.17, 15) is 12.8 Å². The van der Waals surface area contributed by atoms with E-state index in [1.807, 2.05) is 0 Å². The van der Waals surface area contributed by atoms with Crippen LogP contribution in [0.4, 0.5) is 4.39 Å². The molecular formula is C15H13FN2O4S. The minimum absolute atomic E-state index is 0.101. The fraction of sp³-hybridized carbons (Fsp3) is 0.333. The molecule has 2 heterocycles. The molecule has 0 bridgehead atoms. The van der Waals surface area contributed by atoms with E-state index in [-0.39, 0.29) is 17.3 Å². The molecule has 120 valence electrons. The summed E-state index contributed by atoms with van der Waals surface area (Å²) < 4.78 is 47.2. The van der Waals surface area contributed by atoms with Crippen LogP contribution in [0.15, 0.2) is 33.4 Å². The van der Waals surface area contributed by atoms with E-state index in [1.165, 1.54) is 24.7 Å². The highest BCUT2D eigenvalue weighted by atomic mass is 32.2. The molecule has 3 aromatic rings. The quantitative estimate of drug-likeness (QED) is 0.730. The van der Waals surface area contributed by atoms with Crippen LogP contribution in [-0.4, -0.2) is 24.8 Å². The second kappa shape index (κ2) is 4.64. The van der Waals surface area contributed by atoms with Gasteiger partial charge < -0.3 is 8.94 Å². The molecular weight excluding hydrogens is 323 g/mol. The van der Waals surface area contributed by atoms with E-state index in [4.69, 9.17) is 8.94 Å². The molecule has 23 heavy (non-hydrogen) atoms. The topological polar surface area (TPSA) is 86.2 Å². The highest BCUT2D eigenvalue weighted by Gasteiger charge is 2.51. The van der Waals surface area contributed by atoms with Gasteiger partial charge in [0.1, 0.15) is 4.75 Å². The average Bonchev–Trinajstić information content (AvgIpc) is 3.05. The summed E-state index contributed by atoms with van der Waals surface area (Å²) in [5.41, 5.74) is 0.612. The third-order valence-corrected chi connectivity index (χ3v) is 6.51. The van der Waals surface area contributed by atoms with E-state index in [0.29, 0.717) is 23.8 Å². The Morgan fingerprint density at radius 1 is 1.26 bits per heavy atom. The molecule has 0 saturated heterocycles. The monoisotopic (exact) mass is 336 g/mol. The largest absolute Gasteiger partial charge is 0.461 e. The Labute approximate surface area is 131 Å². The minimum Gasteiger partial charge on any atom is -0.461 e. The van der Waals surface area contributed by atoms with Crippen LogP contribution in [0.3, 0.4) is 0 Å². The van der Waals surface area contributed by atoms with Gasteiger partial charge in [-0.05, 0) is 37.5 Å². The van der Waals surface area contributed by atoms with E-state index >= 15 is 0 Å². The molecule has 0 unspecified atom stereocenters. The third kappa shape index (κ3) is 1.94. The highest BCUT2D eigenvalue weighted by Crippen LogP contribution is 2.47. The molecule has 1 aliphatic rings. The van der Waals surface area contributed by atoms with Gasteiger partial charge in [-0.25, -0.2) is 12.8 Å². The molecule has 1 fully saturated rings. The maximum atomic E-state index is 13.7. The van der Waals surface area contributed by atoms with Gasteiger partial charge >= 0.3 is 0 Å². The van der Waals surface area contributed by atoms with Gasteiger partial charge in [0.25, 0.3) is 5.89 Å². The van der Waals surface area contributed by atoms with Crippen molar-refractivity contribution in [1.29, 1.82) is 0 Å². The number of rotatable bonds is 3. The van der Waals surface area contributed by atoms with Gasteiger partial charge in [0, 0.05) is 11.6 Å². The molecule has 0 radical (unpaired) electrons. The highest BCUT2D eigenvalue weighted by molar-refractivity contribution is 7.91. The number of halogens is 1. The van der Waals surface area contributed by atoms with Crippen molar-refractivity contribution in [2.45, 2.75) is 24.0 Å². The van der Waals surface area contributed by atoms with Crippen LogP contribution in [0, 0.1) is 5.82 Å². The first-order valence-electron chi connectivity index (χ1n) is 7.12. The number of hydrogen-bond acceptors (Lipinski definition) is 6. The average molecular weight is 336 g/mol. The first kappa shape index (κ1) is 14.4. The van der Waals surface area contributed by atoms with E-state index in [1.54, 1.807) is 6.07 Å². The summed E-state index contributed by atoms with van der Waals surface area (Å²) in [6.07, 6.45) is 4.33. The van der Waals surface area contributed by atoms with Gasteiger partial charge in [-0.3, -0.25) is 0 Å². The maximum absolute atomic E-state index is 13.7. The second-order valence-corrected chi connectivity index (χ2v) is 8.13. The number of sulfone groups is 1. The maximum Gasteiger partial charge on any atom is 0.258 e. The predicted molar refractivity (Wildman–Crippen MR) is 79.8 cm³/mol. The van der Waals surface area contributed by atoms with Crippen LogP contribution in [0.2, 0.25) is 0 Å². The first-order valence-corrected chi connectivity index (χ1v) is 9.01. The van der Waals surface area contributed by atoms with Gasteiger partial charge in [0.2, 0.25) is 0 Å². The molecule has 0 amide bonds. The second-order valence-electron chi connectivity index (χ2n) is 5.80. The first-order chi connectivity index (χ1) is 10.9. The van der Waals surface area contributed by atoms with Crippen LogP contribution in [0.5, 0.6) is 0 Å². The fourth-order valence-electron chi connectivity index (χ4n) is 2.99.